The number of esters is 1. The molecule has 2 aliphatic heterocycles. The zero-order valence-electron chi connectivity index (χ0n) is 20.7. The molecule has 0 radical (unpaired) electrons. The van der Waals surface area contributed by atoms with Crippen molar-refractivity contribution in [2.75, 3.05) is 19.8 Å². The molecule has 2 atom stereocenters. The molecule has 198 valence electrons. The molecule has 4 rings (SSSR count). The number of hydrogen-bond donors (Lipinski definition) is 1. The first-order valence-electron chi connectivity index (χ1n) is 11.6. The van der Waals surface area contributed by atoms with Crippen LogP contribution in [-0.4, -0.2) is 34.7 Å². The lowest BCUT2D eigenvalue weighted by molar-refractivity contribution is -0.145. The molecule has 1 N–H and O–H groups in total. The number of nitrogens with one attached hydrogen (secondary N) is 1. The van der Waals surface area contributed by atoms with E-state index in [2.05, 4.69) is 11.3 Å². The zero-order chi connectivity index (χ0) is 27.0. The zero-order valence-corrected chi connectivity index (χ0v) is 21.5. The van der Waals surface area contributed by atoms with Gasteiger partial charge in [0, 0.05) is 5.57 Å². The number of halogens is 3. The summed E-state index contributed by atoms with van der Waals surface area (Å²) in [6.07, 6.45) is -2.97. The minimum atomic E-state index is -4.46. The lowest BCUT2D eigenvalue weighted by Crippen LogP contribution is -2.60. The normalized spacial score (nSPS) is 20.6. The Labute approximate surface area is 216 Å². The summed E-state index contributed by atoms with van der Waals surface area (Å²) in [4.78, 5) is 12.9. The number of allylic oxidation sites excluding steroid dienone is 1. The van der Waals surface area contributed by atoms with E-state index in [9.17, 15) is 22.2 Å². The molecule has 1 saturated heterocycles. The van der Waals surface area contributed by atoms with Crippen LogP contribution in [0.5, 0.6) is 5.75 Å². The molecule has 2 unspecified atom stereocenters. The first-order chi connectivity index (χ1) is 17.3. The predicted molar refractivity (Wildman–Crippen MR) is 133 cm³/mol. The third-order valence-electron chi connectivity index (χ3n) is 6.17. The molecule has 6 nitrogen and oxygen atoms in total. The van der Waals surface area contributed by atoms with Crippen molar-refractivity contribution in [1.82, 2.24) is 4.72 Å². The van der Waals surface area contributed by atoms with E-state index < -0.39 is 44.9 Å². The summed E-state index contributed by atoms with van der Waals surface area (Å²) in [6, 6.07) is 11.6. The number of hydrogen-bond acceptors (Lipinski definition) is 5. The molecular weight excluding hydrogens is 507 g/mol. The van der Waals surface area contributed by atoms with Crippen molar-refractivity contribution >= 4 is 17.0 Å². The van der Waals surface area contributed by atoms with Crippen LogP contribution < -0.4 is 9.46 Å². The summed E-state index contributed by atoms with van der Waals surface area (Å²) in [5.74, 6) is -0.913. The maximum atomic E-state index is 12.9. The lowest BCUT2D eigenvalue weighted by atomic mass is 9.83. The van der Waals surface area contributed by atoms with Gasteiger partial charge in [-0.15, -0.1) is 0 Å². The summed E-state index contributed by atoms with van der Waals surface area (Å²) in [7, 11) is -1.36. The predicted octanol–water partition coefficient (Wildman–Crippen LogP) is 5.14. The molecule has 0 aromatic heterocycles. The SMILES string of the molecule is C=CC1=C(Oc2ccc(C(F)(F)F)cc2)COC(=O)C1c1cccc(C2(NS(=O)C(C)(C)C)COC2)c1. The van der Waals surface area contributed by atoms with E-state index in [1.54, 1.807) is 12.1 Å². The van der Waals surface area contributed by atoms with Crippen LogP contribution in [0.25, 0.3) is 0 Å². The van der Waals surface area contributed by atoms with E-state index in [4.69, 9.17) is 14.2 Å². The first kappa shape index (κ1) is 27.1. The molecule has 2 aromatic carbocycles. The number of rotatable bonds is 7. The molecule has 10 heteroatoms. The van der Waals surface area contributed by atoms with E-state index in [0.717, 1.165) is 17.7 Å². The Balaban J connectivity index is 1.65. The minimum absolute atomic E-state index is 0.173. The van der Waals surface area contributed by atoms with E-state index in [1.165, 1.54) is 18.2 Å². The molecule has 0 saturated carbocycles. The largest absolute Gasteiger partial charge is 0.458 e. The Hall–Kier alpha value is -2.95. The van der Waals surface area contributed by atoms with Crippen LogP contribution >= 0.6 is 0 Å². The van der Waals surface area contributed by atoms with Gasteiger partial charge in [-0.3, -0.25) is 4.79 Å². The van der Waals surface area contributed by atoms with Crippen LogP contribution in [0.2, 0.25) is 0 Å². The van der Waals surface area contributed by atoms with Crippen molar-refractivity contribution < 1.29 is 36.4 Å². The van der Waals surface area contributed by atoms with Gasteiger partial charge in [0.1, 0.15) is 29.6 Å². The number of carbonyl (C=O) groups excluding carboxylic acids is 1. The van der Waals surface area contributed by atoms with Gasteiger partial charge in [0.25, 0.3) is 0 Å². The average molecular weight is 536 g/mol. The molecule has 0 spiro atoms. The second-order valence-corrected chi connectivity index (χ2v) is 11.9. The summed E-state index contributed by atoms with van der Waals surface area (Å²) in [6.45, 7) is 9.91. The highest BCUT2D eigenvalue weighted by molar-refractivity contribution is 7.84. The fraction of sp³-hybridized carbons (Fsp3) is 0.370. The summed E-state index contributed by atoms with van der Waals surface area (Å²) >= 11 is 0. The second kappa shape index (κ2) is 10.1. The van der Waals surface area contributed by atoms with Crippen molar-refractivity contribution in [1.29, 1.82) is 0 Å². The Kier molecular flexibility index (Phi) is 7.38. The van der Waals surface area contributed by atoms with Crippen molar-refractivity contribution in [3.8, 4) is 5.75 Å². The highest BCUT2D eigenvalue weighted by Gasteiger charge is 2.44. The second-order valence-electron chi connectivity index (χ2n) is 9.93. The third-order valence-corrected chi connectivity index (χ3v) is 7.86. The molecule has 0 bridgehead atoms. The van der Waals surface area contributed by atoms with E-state index in [1.807, 2.05) is 32.9 Å². The Morgan fingerprint density at radius 1 is 1.14 bits per heavy atom. The molecule has 37 heavy (non-hydrogen) atoms. The number of benzene rings is 2. The molecule has 1 fully saturated rings. The summed E-state index contributed by atoms with van der Waals surface area (Å²) in [5, 5.41) is 0. The fourth-order valence-electron chi connectivity index (χ4n) is 4.02. The van der Waals surface area contributed by atoms with Crippen molar-refractivity contribution in [3.05, 3.63) is 89.2 Å². The van der Waals surface area contributed by atoms with E-state index in [-0.39, 0.29) is 18.1 Å². The third kappa shape index (κ3) is 5.66. The number of ether oxygens (including phenoxy) is 3. The number of carbonyl (C=O) groups is 1. The van der Waals surface area contributed by atoms with Gasteiger partial charge >= 0.3 is 12.1 Å². The van der Waals surface area contributed by atoms with Crippen molar-refractivity contribution in [2.24, 2.45) is 0 Å². The fourth-order valence-corrected chi connectivity index (χ4v) is 4.92. The van der Waals surface area contributed by atoms with Crippen LogP contribution in [0, 0.1) is 0 Å². The average Bonchev–Trinajstić information content (AvgIpc) is 2.81. The van der Waals surface area contributed by atoms with Crippen molar-refractivity contribution in [3.63, 3.8) is 0 Å². The monoisotopic (exact) mass is 535 g/mol. The molecule has 0 amide bonds. The van der Waals surface area contributed by atoms with Gasteiger partial charge in [-0.2, -0.15) is 13.2 Å². The minimum Gasteiger partial charge on any atom is -0.458 e. The van der Waals surface area contributed by atoms with Gasteiger partial charge in [-0.25, -0.2) is 8.93 Å². The Morgan fingerprint density at radius 2 is 1.81 bits per heavy atom. The lowest BCUT2D eigenvalue weighted by Gasteiger charge is -2.43. The topological polar surface area (TPSA) is 73.9 Å². The van der Waals surface area contributed by atoms with Crippen LogP contribution in [-0.2, 0) is 37.0 Å². The number of cyclic esters (lactones) is 1. The van der Waals surface area contributed by atoms with Gasteiger partial charge in [0.2, 0.25) is 0 Å². The number of alkyl halides is 3. The standard InChI is InChI=1S/C27H28F3NO5S/c1-5-21-22(36-20-11-9-18(10-12-20)27(28,29)30)14-35-24(32)23(21)17-7-6-8-19(13-17)26(15-34-16-26)31-37(33)25(2,3)4/h5-13,23,31H,1,14-16H2,2-4H3. The van der Waals surface area contributed by atoms with E-state index >= 15 is 0 Å². The molecular formula is C27H28F3NO5S. The van der Waals surface area contributed by atoms with Crippen LogP contribution in [0.15, 0.2) is 72.5 Å². The maximum Gasteiger partial charge on any atom is 0.416 e. The quantitative estimate of drug-likeness (QED) is 0.497. The molecule has 0 aliphatic carbocycles. The maximum absolute atomic E-state index is 12.9. The molecule has 2 heterocycles. The van der Waals surface area contributed by atoms with Crippen molar-refractivity contribution in [2.45, 2.75) is 43.2 Å². The highest BCUT2D eigenvalue weighted by Crippen LogP contribution is 2.38. The molecule has 2 aromatic rings. The summed E-state index contributed by atoms with van der Waals surface area (Å²) in [5.41, 5.74) is 0.404. The van der Waals surface area contributed by atoms with Crippen LogP contribution in [0.3, 0.4) is 0 Å². The van der Waals surface area contributed by atoms with Crippen LogP contribution in [0.1, 0.15) is 43.4 Å². The van der Waals surface area contributed by atoms with E-state index in [0.29, 0.717) is 24.4 Å². The van der Waals surface area contributed by atoms with Crippen LogP contribution in [0.4, 0.5) is 13.2 Å². The molecule has 2 aliphatic rings. The van der Waals surface area contributed by atoms with Gasteiger partial charge < -0.3 is 14.2 Å². The highest BCUT2D eigenvalue weighted by atomic mass is 32.2. The summed E-state index contributed by atoms with van der Waals surface area (Å²) < 4.78 is 70.9. The van der Waals surface area contributed by atoms with Gasteiger partial charge in [0.05, 0.1) is 34.5 Å². The Bertz CT molecular complexity index is 1240. The van der Waals surface area contributed by atoms with Gasteiger partial charge in [-0.05, 0) is 56.2 Å². The smallest absolute Gasteiger partial charge is 0.416 e. The first-order valence-corrected chi connectivity index (χ1v) is 12.7. The van der Waals surface area contributed by atoms with Gasteiger partial charge in [0.15, 0.2) is 0 Å². The Morgan fingerprint density at radius 3 is 2.35 bits per heavy atom. The van der Waals surface area contributed by atoms with Gasteiger partial charge in [-0.1, -0.05) is 36.9 Å².